The average Bonchev–Trinajstić information content (AvgIpc) is 2.60. The van der Waals surface area contributed by atoms with Crippen molar-refractivity contribution >= 4 is 12.1 Å². The van der Waals surface area contributed by atoms with E-state index in [1.807, 2.05) is 0 Å². The molecule has 0 saturated heterocycles. The van der Waals surface area contributed by atoms with Crippen molar-refractivity contribution in [3.8, 4) is 0 Å². The van der Waals surface area contributed by atoms with Gasteiger partial charge in [0.25, 0.3) is 0 Å². The van der Waals surface area contributed by atoms with Crippen LogP contribution in [0.2, 0.25) is 0 Å². The van der Waals surface area contributed by atoms with Crippen LogP contribution in [0.1, 0.15) is 26.6 Å². The third kappa shape index (κ3) is 4.90. The van der Waals surface area contributed by atoms with E-state index >= 15 is 0 Å². The van der Waals surface area contributed by atoms with Crippen molar-refractivity contribution < 1.29 is 19.4 Å². The molecule has 106 valence electrons. The van der Waals surface area contributed by atoms with Crippen molar-refractivity contribution in [1.29, 1.82) is 0 Å². The van der Waals surface area contributed by atoms with E-state index in [0.29, 0.717) is 5.82 Å². The molecule has 1 aromatic rings. The number of hydrogen-bond donors (Lipinski definition) is 2. The van der Waals surface area contributed by atoms with E-state index in [4.69, 9.17) is 9.84 Å². The van der Waals surface area contributed by atoms with Crippen LogP contribution in [0, 0.1) is 6.92 Å². The number of rotatable bonds is 4. The van der Waals surface area contributed by atoms with Gasteiger partial charge in [0.15, 0.2) is 0 Å². The molecule has 0 fully saturated rings. The molecule has 0 aliphatic rings. The van der Waals surface area contributed by atoms with Crippen LogP contribution in [0.5, 0.6) is 0 Å². The summed E-state index contributed by atoms with van der Waals surface area (Å²) in [7, 11) is 0. The second kappa shape index (κ2) is 5.63. The first-order valence-corrected chi connectivity index (χ1v) is 5.64. The molecule has 0 aromatic carbocycles. The number of aryl methyl sites for hydroxylation is 1. The molecule has 9 nitrogen and oxygen atoms in total. The Kier molecular flexibility index (Phi) is 4.41. The third-order valence-electron chi connectivity index (χ3n) is 2.06. The maximum Gasteiger partial charge on any atom is 0.408 e. The summed E-state index contributed by atoms with van der Waals surface area (Å²) in [6, 6.07) is -1.17. The smallest absolute Gasteiger partial charge is 0.408 e. The number of hydrogen-bond acceptors (Lipinski definition) is 6. The highest BCUT2D eigenvalue weighted by Gasteiger charge is 2.25. The van der Waals surface area contributed by atoms with Gasteiger partial charge in [-0.1, -0.05) is 0 Å². The van der Waals surface area contributed by atoms with Gasteiger partial charge in [0.05, 0.1) is 6.54 Å². The lowest BCUT2D eigenvalue weighted by atomic mass is 10.2. The van der Waals surface area contributed by atoms with Gasteiger partial charge in [-0.05, 0) is 38.1 Å². The number of carboxylic acids is 1. The molecule has 1 rings (SSSR count). The van der Waals surface area contributed by atoms with Crippen LogP contribution < -0.4 is 5.32 Å². The van der Waals surface area contributed by atoms with Crippen LogP contribution >= 0.6 is 0 Å². The Hall–Kier alpha value is -2.19. The Morgan fingerprint density at radius 2 is 2.11 bits per heavy atom. The summed E-state index contributed by atoms with van der Waals surface area (Å²) < 4.78 is 6.28. The van der Waals surface area contributed by atoms with Gasteiger partial charge in [0.1, 0.15) is 17.5 Å². The van der Waals surface area contributed by atoms with Gasteiger partial charge in [-0.3, -0.25) is 0 Å². The highest BCUT2D eigenvalue weighted by atomic mass is 16.6. The number of aliphatic carboxylic acids is 1. The van der Waals surface area contributed by atoms with Gasteiger partial charge in [0, 0.05) is 0 Å². The van der Waals surface area contributed by atoms with Crippen LogP contribution in [-0.2, 0) is 16.1 Å². The lowest BCUT2D eigenvalue weighted by Crippen LogP contribution is -2.46. The van der Waals surface area contributed by atoms with Crippen LogP contribution in [0.25, 0.3) is 0 Å². The molecule has 9 heteroatoms. The molecule has 0 radical (unpaired) electrons. The molecule has 0 spiro atoms. The van der Waals surface area contributed by atoms with Gasteiger partial charge >= 0.3 is 12.1 Å². The molecule has 0 bridgehead atoms. The fourth-order valence-corrected chi connectivity index (χ4v) is 1.23. The minimum absolute atomic E-state index is 0.0760. The van der Waals surface area contributed by atoms with E-state index in [0.717, 1.165) is 0 Å². The van der Waals surface area contributed by atoms with Gasteiger partial charge < -0.3 is 15.2 Å². The SMILES string of the molecule is Cc1nnnn1C[C@H](NC(=O)OC(C)(C)C)C(=O)O. The van der Waals surface area contributed by atoms with Gasteiger partial charge in [-0.25, -0.2) is 14.3 Å². The molecular formula is C10H17N5O4. The van der Waals surface area contributed by atoms with Gasteiger partial charge in [0.2, 0.25) is 0 Å². The third-order valence-corrected chi connectivity index (χ3v) is 2.06. The van der Waals surface area contributed by atoms with E-state index in [-0.39, 0.29) is 6.54 Å². The van der Waals surface area contributed by atoms with Crippen LogP contribution in [-0.4, -0.2) is 49.0 Å². The molecule has 1 heterocycles. The number of carboxylic acid groups (broad SMARTS) is 1. The molecule has 2 N–H and O–H groups in total. The monoisotopic (exact) mass is 271 g/mol. The topological polar surface area (TPSA) is 119 Å². The predicted octanol–water partition coefficient (Wildman–Crippen LogP) is -0.0406. The molecule has 1 aromatic heterocycles. The van der Waals surface area contributed by atoms with E-state index in [9.17, 15) is 9.59 Å². The quantitative estimate of drug-likeness (QED) is 0.788. The number of tetrazole rings is 1. The zero-order valence-electron chi connectivity index (χ0n) is 11.2. The highest BCUT2D eigenvalue weighted by molar-refractivity contribution is 5.79. The van der Waals surface area contributed by atoms with Crippen LogP contribution in [0.15, 0.2) is 0 Å². The first kappa shape index (κ1) is 14.9. The lowest BCUT2D eigenvalue weighted by Gasteiger charge is -2.21. The van der Waals surface area contributed by atoms with Gasteiger partial charge in [-0.2, -0.15) is 0 Å². The number of alkyl carbamates (subject to hydrolysis) is 1. The van der Waals surface area contributed by atoms with Crippen molar-refractivity contribution in [2.75, 3.05) is 0 Å². The van der Waals surface area contributed by atoms with Crippen molar-refractivity contribution in [2.24, 2.45) is 0 Å². The number of carbonyl (C=O) groups is 2. The van der Waals surface area contributed by atoms with Crippen molar-refractivity contribution in [2.45, 2.75) is 45.9 Å². The van der Waals surface area contributed by atoms with Crippen LogP contribution in [0.4, 0.5) is 4.79 Å². The van der Waals surface area contributed by atoms with Crippen LogP contribution in [0.3, 0.4) is 0 Å². The average molecular weight is 271 g/mol. The summed E-state index contributed by atoms with van der Waals surface area (Å²) in [5, 5.41) is 22.0. The summed E-state index contributed by atoms with van der Waals surface area (Å²) >= 11 is 0. The number of nitrogens with zero attached hydrogens (tertiary/aromatic N) is 4. The minimum Gasteiger partial charge on any atom is -0.480 e. The zero-order valence-corrected chi connectivity index (χ0v) is 11.2. The summed E-state index contributed by atoms with van der Waals surface area (Å²) in [5.41, 5.74) is -0.697. The summed E-state index contributed by atoms with van der Waals surface area (Å²) in [4.78, 5) is 22.6. The molecule has 1 atom stereocenters. The predicted molar refractivity (Wildman–Crippen MR) is 63.3 cm³/mol. The Bertz CT molecular complexity index is 465. The largest absolute Gasteiger partial charge is 0.480 e. The molecule has 0 aliphatic heterocycles. The standard InChI is InChI=1S/C10H17N5O4/c1-6-12-13-14-15(6)5-7(8(16)17)11-9(18)19-10(2,3)4/h7H,5H2,1-4H3,(H,11,18)(H,16,17)/t7-/m0/s1. The van der Waals surface area contributed by atoms with Crippen molar-refractivity contribution in [3.63, 3.8) is 0 Å². The fourth-order valence-electron chi connectivity index (χ4n) is 1.23. The summed E-state index contributed by atoms with van der Waals surface area (Å²) in [5.74, 6) is -0.738. The number of aromatic nitrogens is 4. The normalized spacial score (nSPS) is 12.8. The molecule has 0 unspecified atom stereocenters. The zero-order chi connectivity index (χ0) is 14.6. The Morgan fingerprint density at radius 1 is 1.47 bits per heavy atom. The number of amides is 1. The number of carbonyl (C=O) groups excluding carboxylic acids is 1. The lowest BCUT2D eigenvalue weighted by molar-refractivity contribution is -0.139. The molecule has 0 aliphatic carbocycles. The molecule has 0 saturated carbocycles. The Labute approximate surface area is 109 Å². The van der Waals surface area contributed by atoms with Crippen molar-refractivity contribution in [3.05, 3.63) is 5.82 Å². The van der Waals surface area contributed by atoms with Gasteiger partial charge in [-0.15, -0.1) is 5.10 Å². The second-order valence-corrected chi connectivity index (χ2v) is 4.95. The summed E-state index contributed by atoms with van der Waals surface area (Å²) in [6.07, 6.45) is -0.800. The number of ether oxygens (including phenoxy) is 1. The molecule has 1 amide bonds. The number of nitrogens with one attached hydrogen (secondary N) is 1. The fraction of sp³-hybridized carbons (Fsp3) is 0.700. The Morgan fingerprint density at radius 3 is 2.53 bits per heavy atom. The maximum absolute atomic E-state index is 11.5. The van der Waals surface area contributed by atoms with E-state index in [1.165, 1.54) is 4.68 Å². The van der Waals surface area contributed by atoms with E-state index in [2.05, 4.69) is 20.8 Å². The second-order valence-electron chi connectivity index (χ2n) is 4.95. The summed E-state index contributed by atoms with van der Waals surface area (Å²) in [6.45, 7) is 6.62. The maximum atomic E-state index is 11.5. The van der Waals surface area contributed by atoms with E-state index in [1.54, 1.807) is 27.7 Å². The first-order valence-electron chi connectivity index (χ1n) is 5.64. The van der Waals surface area contributed by atoms with Crippen molar-refractivity contribution in [1.82, 2.24) is 25.5 Å². The highest BCUT2D eigenvalue weighted by Crippen LogP contribution is 2.07. The van der Waals surface area contributed by atoms with E-state index < -0.39 is 23.7 Å². The molecular weight excluding hydrogens is 254 g/mol. The molecule has 19 heavy (non-hydrogen) atoms. The first-order chi connectivity index (χ1) is 8.69. The Balaban J connectivity index is 2.67. The minimum atomic E-state index is -1.19.